The van der Waals surface area contributed by atoms with Crippen LogP contribution in [0.2, 0.25) is 5.02 Å². The fourth-order valence-electron chi connectivity index (χ4n) is 1.04. The number of aromatic amines is 1. The van der Waals surface area contributed by atoms with Crippen LogP contribution in [0.3, 0.4) is 0 Å². The number of carbonyl (C=O) groups is 1. The van der Waals surface area contributed by atoms with Crippen molar-refractivity contribution in [1.82, 2.24) is 4.98 Å². The van der Waals surface area contributed by atoms with Crippen LogP contribution in [0.25, 0.3) is 0 Å². The van der Waals surface area contributed by atoms with Gasteiger partial charge in [0.25, 0.3) is 12.0 Å². The Hall–Kier alpha value is -1.43. The smallest absolute Gasteiger partial charge is 0.339 e. The number of H-pyrrole nitrogens is 1. The molecule has 0 aliphatic heterocycles. The Labute approximate surface area is 94.2 Å². The van der Waals surface area contributed by atoms with Crippen LogP contribution in [0.5, 0.6) is 0 Å². The molecule has 0 saturated carbocycles. The summed E-state index contributed by atoms with van der Waals surface area (Å²) in [6, 6.07) is 0.812. The van der Waals surface area contributed by atoms with E-state index in [0.717, 1.165) is 6.07 Å². The second-order valence-corrected chi connectivity index (χ2v) is 3.18. The van der Waals surface area contributed by atoms with Gasteiger partial charge in [-0.3, -0.25) is 4.79 Å². The zero-order chi connectivity index (χ0) is 12.3. The molecule has 1 aromatic rings. The van der Waals surface area contributed by atoms with Crippen molar-refractivity contribution >= 4 is 17.6 Å². The third-order valence-electron chi connectivity index (χ3n) is 1.72. The summed E-state index contributed by atoms with van der Waals surface area (Å²) in [6.45, 7) is 1.61. The Morgan fingerprint density at radius 2 is 2.25 bits per heavy atom. The predicted octanol–water partition coefficient (Wildman–Crippen LogP) is 2.14. The van der Waals surface area contributed by atoms with Crippen molar-refractivity contribution in [3.05, 3.63) is 32.7 Å². The fourth-order valence-corrected chi connectivity index (χ4v) is 1.22. The third-order valence-corrected chi connectivity index (χ3v) is 2.10. The molecule has 1 aromatic heterocycles. The maximum Gasteiger partial charge on any atom is 0.339 e. The number of aromatic nitrogens is 1. The molecule has 16 heavy (non-hydrogen) atoms. The molecule has 88 valence electrons. The van der Waals surface area contributed by atoms with Gasteiger partial charge in [-0.05, 0) is 13.0 Å². The molecule has 0 unspecified atom stereocenters. The standard InChI is InChI=1S/C9H8ClF2NO3/c1-2-16-9(15)4-3-5(7(11)12)13-8(14)6(4)10/h3,7H,2H2,1H3,(H,13,14). The number of hydrogen-bond acceptors (Lipinski definition) is 3. The van der Waals surface area contributed by atoms with Gasteiger partial charge in [-0.25, -0.2) is 13.6 Å². The Kier molecular flexibility index (Phi) is 4.00. The molecule has 0 fully saturated rings. The maximum absolute atomic E-state index is 12.3. The average molecular weight is 252 g/mol. The highest BCUT2D eigenvalue weighted by Gasteiger charge is 2.19. The number of hydrogen-bond donors (Lipinski definition) is 1. The van der Waals surface area contributed by atoms with Crippen molar-refractivity contribution in [1.29, 1.82) is 0 Å². The number of nitrogens with one attached hydrogen (secondary N) is 1. The molecule has 1 N–H and O–H groups in total. The SMILES string of the molecule is CCOC(=O)c1cc(C(F)F)[nH]c(=O)c1Cl. The van der Waals surface area contributed by atoms with Crippen molar-refractivity contribution in [2.75, 3.05) is 6.61 Å². The summed E-state index contributed by atoms with van der Waals surface area (Å²) in [5, 5.41) is -0.456. The number of ether oxygens (including phenoxy) is 1. The van der Waals surface area contributed by atoms with Gasteiger partial charge in [-0.1, -0.05) is 11.6 Å². The summed E-state index contributed by atoms with van der Waals surface area (Å²) >= 11 is 5.51. The van der Waals surface area contributed by atoms with Crippen LogP contribution in [0.15, 0.2) is 10.9 Å². The van der Waals surface area contributed by atoms with E-state index in [-0.39, 0.29) is 12.2 Å². The molecule has 0 radical (unpaired) electrons. The second kappa shape index (κ2) is 5.07. The zero-order valence-corrected chi connectivity index (χ0v) is 8.98. The minimum atomic E-state index is -2.89. The number of alkyl halides is 2. The molecular weight excluding hydrogens is 244 g/mol. The Morgan fingerprint density at radius 1 is 1.62 bits per heavy atom. The summed E-state index contributed by atoms with van der Waals surface area (Å²) in [6.07, 6.45) is -2.89. The lowest BCUT2D eigenvalue weighted by Crippen LogP contribution is -2.16. The Balaban J connectivity index is 3.27. The first kappa shape index (κ1) is 12.6. The van der Waals surface area contributed by atoms with E-state index in [1.807, 2.05) is 4.98 Å². The minimum absolute atomic E-state index is 0.0615. The molecule has 4 nitrogen and oxygen atoms in total. The van der Waals surface area contributed by atoms with Gasteiger partial charge in [-0.15, -0.1) is 0 Å². The van der Waals surface area contributed by atoms with Crippen LogP contribution in [0.4, 0.5) is 8.78 Å². The van der Waals surface area contributed by atoms with Crippen molar-refractivity contribution in [3.8, 4) is 0 Å². The molecule has 1 rings (SSSR count). The van der Waals surface area contributed by atoms with E-state index in [1.54, 1.807) is 6.92 Å². The summed E-state index contributed by atoms with van der Waals surface area (Å²) in [7, 11) is 0. The first-order valence-corrected chi connectivity index (χ1v) is 4.73. The van der Waals surface area contributed by atoms with Crippen molar-refractivity contribution in [2.45, 2.75) is 13.3 Å². The topological polar surface area (TPSA) is 59.2 Å². The van der Waals surface area contributed by atoms with Gasteiger partial charge in [0.1, 0.15) is 5.02 Å². The van der Waals surface area contributed by atoms with Gasteiger partial charge in [0.2, 0.25) is 0 Å². The predicted molar refractivity (Wildman–Crippen MR) is 53.0 cm³/mol. The first-order valence-electron chi connectivity index (χ1n) is 4.35. The van der Waals surface area contributed by atoms with E-state index in [1.165, 1.54) is 0 Å². The normalized spacial score (nSPS) is 10.6. The second-order valence-electron chi connectivity index (χ2n) is 2.80. The number of esters is 1. The molecule has 0 aliphatic rings. The summed E-state index contributed by atoms with van der Waals surface area (Å²) < 4.78 is 29.3. The van der Waals surface area contributed by atoms with Crippen molar-refractivity contribution < 1.29 is 18.3 Å². The van der Waals surface area contributed by atoms with Crippen LogP contribution in [-0.2, 0) is 4.74 Å². The van der Waals surface area contributed by atoms with E-state index in [9.17, 15) is 18.4 Å². The van der Waals surface area contributed by atoms with Crippen LogP contribution >= 0.6 is 11.6 Å². The molecule has 0 amide bonds. The largest absolute Gasteiger partial charge is 0.462 e. The van der Waals surface area contributed by atoms with Crippen LogP contribution in [0.1, 0.15) is 29.4 Å². The minimum Gasteiger partial charge on any atom is -0.462 e. The monoisotopic (exact) mass is 251 g/mol. The Morgan fingerprint density at radius 3 is 2.75 bits per heavy atom. The van der Waals surface area contributed by atoms with Gasteiger partial charge in [0.05, 0.1) is 17.9 Å². The van der Waals surface area contributed by atoms with Gasteiger partial charge < -0.3 is 9.72 Å². The summed E-state index contributed by atoms with van der Waals surface area (Å²) in [4.78, 5) is 24.3. The van der Waals surface area contributed by atoms with Gasteiger partial charge in [-0.2, -0.15) is 0 Å². The molecule has 0 atom stereocenters. The molecule has 1 heterocycles. The maximum atomic E-state index is 12.3. The van der Waals surface area contributed by atoms with Crippen LogP contribution in [0, 0.1) is 0 Å². The number of halogens is 3. The first-order chi connectivity index (χ1) is 7.47. The molecule has 0 saturated heterocycles. The van der Waals surface area contributed by atoms with E-state index in [0.29, 0.717) is 0 Å². The van der Waals surface area contributed by atoms with Gasteiger partial charge >= 0.3 is 5.97 Å². The lowest BCUT2D eigenvalue weighted by Gasteiger charge is -2.06. The van der Waals surface area contributed by atoms with Gasteiger partial charge in [0.15, 0.2) is 0 Å². The van der Waals surface area contributed by atoms with E-state index in [4.69, 9.17) is 11.6 Å². The molecular formula is C9H8ClF2NO3. The van der Waals surface area contributed by atoms with Crippen molar-refractivity contribution in [3.63, 3.8) is 0 Å². The Bertz CT molecular complexity index is 459. The summed E-state index contributed by atoms with van der Waals surface area (Å²) in [5.41, 5.74) is -1.97. The highest BCUT2D eigenvalue weighted by Crippen LogP contribution is 2.20. The molecule has 0 spiro atoms. The highest BCUT2D eigenvalue weighted by molar-refractivity contribution is 6.33. The quantitative estimate of drug-likeness (QED) is 0.838. The number of rotatable bonds is 3. The van der Waals surface area contributed by atoms with Crippen LogP contribution < -0.4 is 5.56 Å². The van der Waals surface area contributed by atoms with E-state index < -0.39 is 28.7 Å². The zero-order valence-electron chi connectivity index (χ0n) is 8.22. The van der Waals surface area contributed by atoms with Crippen molar-refractivity contribution in [2.24, 2.45) is 0 Å². The molecule has 0 aromatic carbocycles. The summed E-state index contributed by atoms with van der Waals surface area (Å²) in [5.74, 6) is -0.902. The van der Waals surface area contributed by atoms with Crippen LogP contribution in [-0.4, -0.2) is 17.6 Å². The number of carbonyl (C=O) groups excluding carboxylic acids is 1. The van der Waals surface area contributed by atoms with E-state index in [2.05, 4.69) is 4.74 Å². The van der Waals surface area contributed by atoms with Gasteiger partial charge in [0, 0.05) is 0 Å². The molecule has 7 heteroatoms. The third kappa shape index (κ3) is 2.57. The molecule has 0 bridgehead atoms. The lowest BCUT2D eigenvalue weighted by molar-refractivity contribution is 0.0525. The van der Waals surface area contributed by atoms with E-state index >= 15 is 0 Å². The highest BCUT2D eigenvalue weighted by atomic mass is 35.5. The fraction of sp³-hybridized carbons (Fsp3) is 0.333. The average Bonchev–Trinajstić information content (AvgIpc) is 2.21. The number of pyridine rings is 1. The lowest BCUT2D eigenvalue weighted by atomic mass is 10.2. The molecule has 0 aliphatic carbocycles.